The van der Waals surface area contributed by atoms with Gasteiger partial charge in [0.2, 0.25) is 0 Å². The van der Waals surface area contributed by atoms with E-state index in [9.17, 15) is 0 Å². The normalized spacial score (nSPS) is 16.1. The van der Waals surface area contributed by atoms with E-state index in [1.807, 2.05) is 0 Å². The van der Waals surface area contributed by atoms with Gasteiger partial charge >= 0.3 is 0 Å². The predicted octanol–water partition coefficient (Wildman–Crippen LogP) is 6.13. The third-order valence-corrected chi connectivity index (χ3v) is 7.68. The van der Waals surface area contributed by atoms with E-state index in [4.69, 9.17) is 0 Å². The Balaban J connectivity index is 2.51. The van der Waals surface area contributed by atoms with Crippen LogP contribution >= 0.6 is 0 Å². The molecule has 1 nitrogen and oxygen atoms in total. The van der Waals surface area contributed by atoms with Gasteiger partial charge in [-0.05, 0) is 40.0 Å². The Bertz CT molecular complexity index is 372. The van der Waals surface area contributed by atoms with Gasteiger partial charge in [-0.1, -0.05) is 75.0 Å². The summed E-state index contributed by atoms with van der Waals surface area (Å²) in [4.78, 5) is 3.93. The van der Waals surface area contributed by atoms with Crippen molar-refractivity contribution < 1.29 is 0 Å². The van der Waals surface area contributed by atoms with Gasteiger partial charge in [-0.25, -0.2) is 0 Å². The molecular formula is C19H37NSi. The van der Waals surface area contributed by atoms with Crippen molar-refractivity contribution in [2.24, 2.45) is 0 Å². The van der Waals surface area contributed by atoms with Crippen LogP contribution in [0.15, 0.2) is 22.9 Å². The lowest BCUT2D eigenvalue weighted by atomic mass is 10.1. The summed E-state index contributed by atoms with van der Waals surface area (Å²) in [6.07, 6.45) is 15.6. The van der Waals surface area contributed by atoms with E-state index in [-0.39, 0.29) is 5.54 Å². The highest BCUT2D eigenvalue weighted by atomic mass is 28.3. The standard InChI is InChI=1S/C19H37NSi/c1-7-8-9-10-11-12-14-17-15-13-16-18(17)21(5,6)20-19(2,3)4/h13,15,20H,7-12,14,16H2,1-6H3. The number of unbranched alkanes of at least 4 members (excludes halogenated alkanes) is 5. The van der Waals surface area contributed by atoms with Crippen molar-refractivity contribution in [3.05, 3.63) is 22.9 Å². The zero-order valence-electron chi connectivity index (χ0n) is 15.3. The zero-order valence-corrected chi connectivity index (χ0v) is 16.3. The van der Waals surface area contributed by atoms with Crippen molar-refractivity contribution in [1.82, 2.24) is 4.98 Å². The Morgan fingerprint density at radius 2 is 1.67 bits per heavy atom. The van der Waals surface area contributed by atoms with Crippen molar-refractivity contribution in [2.75, 3.05) is 0 Å². The summed E-state index contributed by atoms with van der Waals surface area (Å²) in [6, 6.07) is 0. The molecule has 0 saturated carbocycles. The van der Waals surface area contributed by atoms with Crippen LogP contribution in [0.5, 0.6) is 0 Å². The lowest BCUT2D eigenvalue weighted by Gasteiger charge is -2.35. The van der Waals surface area contributed by atoms with Crippen LogP contribution in [0.25, 0.3) is 0 Å². The van der Waals surface area contributed by atoms with Crippen LogP contribution in [0.3, 0.4) is 0 Å². The van der Waals surface area contributed by atoms with Crippen LogP contribution in [0.1, 0.15) is 79.1 Å². The summed E-state index contributed by atoms with van der Waals surface area (Å²) in [7, 11) is -1.48. The van der Waals surface area contributed by atoms with Gasteiger partial charge in [0.1, 0.15) is 8.24 Å². The van der Waals surface area contributed by atoms with Gasteiger partial charge in [-0.2, -0.15) is 0 Å². The summed E-state index contributed by atoms with van der Waals surface area (Å²) in [5.74, 6) is 0. The van der Waals surface area contributed by atoms with Crippen LogP contribution < -0.4 is 4.98 Å². The first-order valence-corrected chi connectivity index (χ1v) is 11.9. The third kappa shape index (κ3) is 6.97. The molecule has 122 valence electrons. The van der Waals surface area contributed by atoms with Gasteiger partial charge in [0.05, 0.1) is 0 Å². The molecule has 2 heteroatoms. The molecule has 0 bridgehead atoms. The molecule has 0 radical (unpaired) electrons. The minimum Gasteiger partial charge on any atom is -0.329 e. The number of hydrogen-bond acceptors (Lipinski definition) is 1. The first kappa shape index (κ1) is 18.7. The highest BCUT2D eigenvalue weighted by Crippen LogP contribution is 2.31. The van der Waals surface area contributed by atoms with E-state index in [0.717, 1.165) is 0 Å². The van der Waals surface area contributed by atoms with Crippen molar-refractivity contribution in [3.8, 4) is 0 Å². The highest BCUT2D eigenvalue weighted by molar-refractivity contribution is 6.82. The van der Waals surface area contributed by atoms with Crippen LogP contribution in [-0.4, -0.2) is 13.8 Å². The van der Waals surface area contributed by atoms with Gasteiger partial charge < -0.3 is 4.98 Å². The van der Waals surface area contributed by atoms with Crippen molar-refractivity contribution in [1.29, 1.82) is 0 Å². The first-order valence-electron chi connectivity index (χ1n) is 8.94. The average molecular weight is 308 g/mol. The largest absolute Gasteiger partial charge is 0.329 e. The van der Waals surface area contributed by atoms with Gasteiger partial charge in [0.15, 0.2) is 0 Å². The van der Waals surface area contributed by atoms with E-state index in [0.29, 0.717) is 0 Å². The average Bonchev–Trinajstić information content (AvgIpc) is 2.79. The molecule has 0 aliphatic heterocycles. The summed E-state index contributed by atoms with van der Waals surface area (Å²) in [6.45, 7) is 14.1. The maximum absolute atomic E-state index is 3.93. The van der Waals surface area contributed by atoms with E-state index < -0.39 is 8.24 Å². The Morgan fingerprint density at radius 3 is 2.29 bits per heavy atom. The molecule has 0 unspecified atom stereocenters. The molecule has 1 aliphatic carbocycles. The smallest absolute Gasteiger partial charge is 0.148 e. The Kier molecular flexibility index (Phi) is 7.42. The fraction of sp³-hybridized carbons (Fsp3) is 0.789. The van der Waals surface area contributed by atoms with Crippen LogP contribution in [0, 0.1) is 0 Å². The quantitative estimate of drug-likeness (QED) is 0.399. The minimum absolute atomic E-state index is 0.219. The molecule has 0 amide bonds. The maximum atomic E-state index is 3.93. The van der Waals surface area contributed by atoms with Gasteiger partial charge in [-0.3, -0.25) is 0 Å². The number of rotatable bonds is 9. The van der Waals surface area contributed by atoms with Crippen LogP contribution in [0.2, 0.25) is 13.1 Å². The van der Waals surface area contributed by atoms with E-state index in [2.05, 4.69) is 57.9 Å². The van der Waals surface area contributed by atoms with Crippen molar-refractivity contribution >= 4 is 8.24 Å². The molecule has 0 saturated heterocycles. The second-order valence-electron chi connectivity index (χ2n) is 8.13. The van der Waals surface area contributed by atoms with Crippen molar-refractivity contribution in [2.45, 2.75) is 97.7 Å². The first-order chi connectivity index (χ1) is 9.76. The highest BCUT2D eigenvalue weighted by Gasteiger charge is 2.32. The summed E-state index contributed by atoms with van der Waals surface area (Å²) in [5.41, 5.74) is 1.87. The van der Waals surface area contributed by atoms with E-state index in [1.165, 1.54) is 51.4 Å². The zero-order chi connectivity index (χ0) is 15.9. The second kappa shape index (κ2) is 8.33. The lowest BCUT2D eigenvalue weighted by Crippen LogP contribution is -2.55. The molecule has 1 aliphatic rings. The summed E-state index contributed by atoms with van der Waals surface area (Å²) in [5, 5.41) is 1.74. The molecule has 0 aromatic carbocycles. The van der Waals surface area contributed by atoms with Gasteiger partial charge in [-0.15, -0.1) is 0 Å². The van der Waals surface area contributed by atoms with Gasteiger partial charge in [0, 0.05) is 5.54 Å². The molecule has 0 aromatic rings. The SMILES string of the molecule is CCCCCCCCC1=C([Si](C)(C)NC(C)(C)C)CC=C1. The molecule has 1 N–H and O–H groups in total. The lowest BCUT2D eigenvalue weighted by molar-refractivity contribution is 0.513. The molecule has 1 rings (SSSR count). The Morgan fingerprint density at radius 1 is 1.05 bits per heavy atom. The monoisotopic (exact) mass is 307 g/mol. The van der Waals surface area contributed by atoms with E-state index >= 15 is 0 Å². The Hall–Kier alpha value is -0.343. The van der Waals surface area contributed by atoms with E-state index in [1.54, 1.807) is 10.8 Å². The fourth-order valence-electron chi connectivity index (χ4n) is 3.55. The number of nitrogens with one attached hydrogen (secondary N) is 1. The molecule has 0 aromatic heterocycles. The summed E-state index contributed by atoms with van der Waals surface area (Å²) >= 11 is 0. The topological polar surface area (TPSA) is 12.0 Å². The van der Waals surface area contributed by atoms with Crippen LogP contribution in [-0.2, 0) is 0 Å². The summed E-state index contributed by atoms with van der Waals surface area (Å²) < 4.78 is 0. The minimum atomic E-state index is -1.48. The van der Waals surface area contributed by atoms with Crippen LogP contribution in [0.4, 0.5) is 0 Å². The molecule has 0 spiro atoms. The number of allylic oxidation sites excluding steroid dienone is 4. The van der Waals surface area contributed by atoms with Crippen molar-refractivity contribution in [3.63, 3.8) is 0 Å². The van der Waals surface area contributed by atoms with Gasteiger partial charge in [0.25, 0.3) is 0 Å². The Labute approximate surface area is 134 Å². The number of hydrogen-bond donors (Lipinski definition) is 1. The molecular weight excluding hydrogens is 270 g/mol. The molecule has 0 atom stereocenters. The fourth-order valence-corrected chi connectivity index (χ4v) is 7.22. The molecule has 0 heterocycles. The third-order valence-electron chi connectivity index (χ3n) is 4.27. The maximum Gasteiger partial charge on any atom is 0.148 e. The predicted molar refractivity (Wildman–Crippen MR) is 99.1 cm³/mol. The molecule has 0 fully saturated rings. The molecule has 21 heavy (non-hydrogen) atoms. The second-order valence-corrected chi connectivity index (χ2v) is 12.2.